The Morgan fingerprint density at radius 1 is 1.43 bits per heavy atom. The summed E-state index contributed by atoms with van der Waals surface area (Å²) >= 11 is 0. The summed E-state index contributed by atoms with van der Waals surface area (Å²) in [5.41, 5.74) is 1.21. The minimum Gasteiger partial charge on any atom is -0.381 e. The summed E-state index contributed by atoms with van der Waals surface area (Å²) in [6.07, 6.45) is 9.13. The van der Waals surface area contributed by atoms with Crippen molar-refractivity contribution < 1.29 is 4.74 Å². The fraction of sp³-hybridized carbons (Fsp3) is 0.538. The predicted molar refractivity (Wildman–Crippen MR) is 65.5 cm³/mol. The summed E-state index contributed by atoms with van der Waals surface area (Å²) < 4.78 is 5.15. The van der Waals surface area contributed by atoms with E-state index in [0.717, 1.165) is 6.42 Å². The second-order valence-corrected chi connectivity index (χ2v) is 2.72. The number of hydrogen-bond acceptors (Lipinski definition) is 1. The van der Waals surface area contributed by atoms with E-state index in [2.05, 4.69) is 12.7 Å². The summed E-state index contributed by atoms with van der Waals surface area (Å²) in [5.74, 6) is 0. The molecule has 0 aromatic carbocycles. The summed E-state index contributed by atoms with van der Waals surface area (Å²) in [7, 11) is 1.72. The Morgan fingerprint density at radius 3 is 2.36 bits per heavy atom. The molecule has 0 radical (unpaired) electrons. The highest BCUT2D eigenvalue weighted by Crippen LogP contribution is 2.08. The minimum atomic E-state index is 0.263. The lowest BCUT2D eigenvalue weighted by Gasteiger charge is -2.08. The lowest BCUT2D eigenvalue weighted by atomic mass is 10.1. The molecule has 82 valence electrons. The first-order chi connectivity index (χ1) is 6.74. The highest BCUT2D eigenvalue weighted by atomic mass is 16.5. The van der Waals surface area contributed by atoms with Crippen LogP contribution in [0.1, 0.15) is 34.1 Å². The molecule has 0 aromatic heterocycles. The number of allylic oxidation sites excluding steroid dienone is 4. The SMILES string of the molecule is C=C/C(=C\C=C/C)CC(C)OC.CC. The molecule has 0 amide bonds. The second kappa shape index (κ2) is 12.2. The van der Waals surface area contributed by atoms with Crippen LogP contribution in [0.2, 0.25) is 0 Å². The van der Waals surface area contributed by atoms with Crippen molar-refractivity contribution >= 4 is 0 Å². The Hall–Kier alpha value is -0.820. The van der Waals surface area contributed by atoms with Gasteiger partial charge >= 0.3 is 0 Å². The van der Waals surface area contributed by atoms with Gasteiger partial charge in [-0.3, -0.25) is 0 Å². The molecule has 0 aromatic rings. The van der Waals surface area contributed by atoms with E-state index in [4.69, 9.17) is 4.74 Å². The van der Waals surface area contributed by atoms with Crippen molar-refractivity contribution in [2.45, 2.75) is 40.2 Å². The van der Waals surface area contributed by atoms with E-state index in [1.54, 1.807) is 7.11 Å². The maximum absolute atomic E-state index is 5.15. The van der Waals surface area contributed by atoms with E-state index < -0.39 is 0 Å². The standard InChI is InChI=1S/C11H18O.C2H6/c1-5-7-8-11(6-2)9-10(3)12-4;1-2/h5-8,10H,2,9H2,1,3-4H3;1-2H3/b7-5-,11-8+;. The van der Waals surface area contributed by atoms with Crippen LogP contribution in [0.3, 0.4) is 0 Å². The van der Waals surface area contributed by atoms with Gasteiger partial charge in [0.2, 0.25) is 0 Å². The molecule has 0 aliphatic heterocycles. The molecule has 0 saturated carbocycles. The predicted octanol–water partition coefficient (Wildman–Crippen LogP) is 4.13. The van der Waals surface area contributed by atoms with Gasteiger partial charge in [-0.2, -0.15) is 0 Å². The van der Waals surface area contributed by atoms with Crippen LogP contribution in [0.4, 0.5) is 0 Å². The first-order valence-corrected chi connectivity index (χ1v) is 5.21. The molecule has 0 bridgehead atoms. The molecule has 0 heterocycles. The van der Waals surface area contributed by atoms with Crippen LogP contribution in [0.25, 0.3) is 0 Å². The Morgan fingerprint density at radius 2 is 2.00 bits per heavy atom. The Balaban J connectivity index is 0. The average molecular weight is 196 g/mol. The Kier molecular flexibility index (Phi) is 13.6. The van der Waals surface area contributed by atoms with Crippen LogP contribution in [-0.2, 0) is 4.74 Å². The zero-order valence-electron chi connectivity index (χ0n) is 10.2. The smallest absolute Gasteiger partial charge is 0.0583 e. The fourth-order valence-corrected chi connectivity index (χ4v) is 0.854. The molecule has 0 saturated heterocycles. The third kappa shape index (κ3) is 9.27. The van der Waals surface area contributed by atoms with Gasteiger partial charge in [-0.15, -0.1) is 0 Å². The molecule has 0 aliphatic rings. The van der Waals surface area contributed by atoms with Crippen molar-refractivity contribution in [2.75, 3.05) is 7.11 Å². The van der Waals surface area contributed by atoms with Crippen molar-refractivity contribution in [3.63, 3.8) is 0 Å². The third-order valence-electron chi connectivity index (χ3n) is 1.69. The van der Waals surface area contributed by atoms with Crippen LogP contribution in [-0.4, -0.2) is 13.2 Å². The second-order valence-electron chi connectivity index (χ2n) is 2.72. The van der Waals surface area contributed by atoms with E-state index in [0.29, 0.717) is 0 Å². The largest absolute Gasteiger partial charge is 0.381 e. The zero-order chi connectivity index (χ0) is 11.4. The van der Waals surface area contributed by atoms with Gasteiger partial charge in [0.15, 0.2) is 0 Å². The highest BCUT2D eigenvalue weighted by molar-refractivity contribution is 5.22. The molecule has 0 aliphatic carbocycles. The van der Waals surface area contributed by atoms with Gasteiger partial charge in [0.05, 0.1) is 6.10 Å². The molecule has 14 heavy (non-hydrogen) atoms. The van der Waals surface area contributed by atoms with E-state index in [9.17, 15) is 0 Å². The van der Waals surface area contributed by atoms with Crippen LogP contribution in [0.15, 0.2) is 36.5 Å². The van der Waals surface area contributed by atoms with Crippen LogP contribution in [0, 0.1) is 0 Å². The van der Waals surface area contributed by atoms with Gasteiger partial charge in [0.1, 0.15) is 0 Å². The maximum atomic E-state index is 5.15. The molecule has 1 atom stereocenters. The van der Waals surface area contributed by atoms with Crippen LogP contribution < -0.4 is 0 Å². The fourth-order valence-electron chi connectivity index (χ4n) is 0.854. The van der Waals surface area contributed by atoms with E-state index in [1.807, 2.05) is 45.9 Å². The molecule has 0 fully saturated rings. The normalized spacial score (nSPS) is 13.4. The van der Waals surface area contributed by atoms with E-state index in [-0.39, 0.29) is 6.10 Å². The molecule has 0 spiro atoms. The Bertz CT molecular complexity index is 178. The van der Waals surface area contributed by atoms with E-state index in [1.165, 1.54) is 5.57 Å². The highest BCUT2D eigenvalue weighted by Gasteiger charge is 1.99. The van der Waals surface area contributed by atoms with Crippen molar-refractivity contribution in [1.82, 2.24) is 0 Å². The molecular weight excluding hydrogens is 172 g/mol. The average Bonchev–Trinajstić information content (AvgIpc) is 2.26. The number of methoxy groups -OCH3 is 1. The number of ether oxygens (including phenoxy) is 1. The number of rotatable bonds is 5. The summed E-state index contributed by atoms with van der Waals surface area (Å²) in [5, 5.41) is 0. The molecule has 0 rings (SSSR count). The zero-order valence-corrected chi connectivity index (χ0v) is 10.2. The van der Waals surface area contributed by atoms with Crippen molar-refractivity contribution in [1.29, 1.82) is 0 Å². The van der Waals surface area contributed by atoms with E-state index >= 15 is 0 Å². The van der Waals surface area contributed by atoms with Gasteiger partial charge in [0.25, 0.3) is 0 Å². The topological polar surface area (TPSA) is 9.23 Å². The van der Waals surface area contributed by atoms with Crippen LogP contribution >= 0.6 is 0 Å². The summed E-state index contributed by atoms with van der Waals surface area (Å²) in [6.45, 7) is 11.8. The first-order valence-electron chi connectivity index (χ1n) is 5.21. The minimum absolute atomic E-state index is 0.263. The quantitative estimate of drug-likeness (QED) is 0.601. The van der Waals surface area contributed by atoms with Gasteiger partial charge in [-0.1, -0.05) is 44.7 Å². The third-order valence-corrected chi connectivity index (χ3v) is 1.69. The van der Waals surface area contributed by atoms with Gasteiger partial charge in [-0.25, -0.2) is 0 Å². The maximum Gasteiger partial charge on any atom is 0.0583 e. The molecule has 0 N–H and O–H groups in total. The van der Waals surface area contributed by atoms with Gasteiger partial charge < -0.3 is 4.74 Å². The van der Waals surface area contributed by atoms with Crippen molar-refractivity contribution in [2.24, 2.45) is 0 Å². The molecular formula is C13H24O. The van der Waals surface area contributed by atoms with Gasteiger partial charge in [-0.05, 0) is 25.8 Å². The van der Waals surface area contributed by atoms with Crippen LogP contribution in [0.5, 0.6) is 0 Å². The summed E-state index contributed by atoms with van der Waals surface area (Å²) in [6, 6.07) is 0. The monoisotopic (exact) mass is 196 g/mol. The molecule has 1 nitrogen and oxygen atoms in total. The number of hydrogen-bond donors (Lipinski definition) is 0. The molecule has 1 unspecified atom stereocenters. The van der Waals surface area contributed by atoms with Gasteiger partial charge in [0, 0.05) is 7.11 Å². The van der Waals surface area contributed by atoms with Crippen molar-refractivity contribution in [3.05, 3.63) is 36.5 Å². The lowest BCUT2D eigenvalue weighted by Crippen LogP contribution is -2.04. The first kappa shape index (κ1) is 15.6. The molecule has 1 heteroatoms. The summed E-state index contributed by atoms with van der Waals surface area (Å²) in [4.78, 5) is 0. The lowest BCUT2D eigenvalue weighted by molar-refractivity contribution is 0.119. The van der Waals surface area contributed by atoms with Crippen molar-refractivity contribution in [3.8, 4) is 0 Å². The Labute approximate surface area is 89.2 Å².